The van der Waals surface area contributed by atoms with Gasteiger partial charge in [0.2, 0.25) is 11.9 Å². The summed E-state index contributed by atoms with van der Waals surface area (Å²) in [5, 5.41) is 2.69. The van der Waals surface area contributed by atoms with Gasteiger partial charge in [-0.2, -0.15) is 4.39 Å². The van der Waals surface area contributed by atoms with Gasteiger partial charge in [-0.1, -0.05) is 6.07 Å². The lowest BCUT2D eigenvalue weighted by molar-refractivity contribution is -0.117. The number of hydrogen-bond acceptors (Lipinski definition) is 4. The molecule has 1 aliphatic rings. The Labute approximate surface area is 138 Å². The second-order valence-electron chi connectivity index (χ2n) is 5.66. The van der Waals surface area contributed by atoms with Crippen LogP contribution in [0.1, 0.15) is 0 Å². The van der Waals surface area contributed by atoms with Gasteiger partial charge in [-0.3, -0.25) is 9.69 Å². The highest BCUT2D eigenvalue weighted by Crippen LogP contribution is 2.16. The molecule has 0 atom stereocenters. The molecule has 1 aromatic heterocycles. The number of carbonyl (C=O) groups is 1. The van der Waals surface area contributed by atoms with Crippen LogP contribution in [0, 0.1) is 11.8 Å². The number of anilines is 2. The molecule has 126 valence electrons. The van der Waals surface area contributed by atoms with E-state index in [1.54, 1.807) is 18.2 Å². The van der Waals surface area contributed by atoms with Crippen molar-refractivity contribution in [3.8, 4) is 0 Å². The van der Waals surface area contributed by atoms with Crippen LogP contribution >= 0.6 is 0 Å². The zero-order valence-corrected chi connectivity index (χ0v) is 13.1. The predicted molar refractivity (Wildman–Crippen MR) is 87.9 cm³/mol. The molecule has 0 saturated carbocycles. The van der Waals surface area contributed by atoms with Crippen LogP contribution in [0.4, 0.5) is 20.2 Å². The Kier molecular flexibility index (Phi) is 5.00. The van der Waals surface area contributed by atoms with Crippen LogP contribution in [0.3, 0.4) is 0 Å². The van der Waals surface area contributed by atoms with E-state index in [0.29, 0.717) is 31.9 Å². The van der Waals surface area contributed by atoms with E-state index in [-0.39, 0.29) is 18.3 Å². The molecule has 1 aliphatic heterocycles. The van der Waals surface area contributed by atoms with Crippen molar-refractivity contribution < 1.29 is 13.6 Å². The van der Waals surface area contributed by atoms with Gasteiger partial charge in [-0.25, -0.2) is 9.37 Å². The van der Waals surface area contributed by atoms with Gasteiger partial charge >= 0.3 is 0 Å². The molecular weight excluding hydrogens is 314 g/mol. The first-order valence-electron chi connectivity index (χ1n) is 7.74. The third kappa shape index (κ3) is 4.26. The fourth-order valence-electron chi connectivity index (χ4n) is 2.72. The molecule has 1 N–H and O–H groups in total. The zero-order valence-electron chi connectivity index (χ0n) is 13.1. The topological polar surface area (TPSA) is 48.5 Å². The van der Waals surface area contributed by atoms with Gasteiger partial charge in [0.05, 0.1) is 6.54 Å². The first kappa shape index (κ1) is 16.3. The minimum Gasteiger partial charge on any atom is -0.369 e. The normalized spacial score (nSPS) is 15.3. The van der Waals surface area contributed by atoms with Crippen LogP contribution in [-0.2, 0) is 4.79 Å². The molecule has 7 heteroatoms. The maximum absolute atomic E-state index is 13.2. The molecule has 0 spiro atoms. The Morgan fingerprint density at radius 3 is 2.62 bits per heavy atom. The van der Waals surface area contributed by atoms with E-state index in [0.717, 1.165) is 5.69 Å². The number of carbonyl (C=O) groups excluding carboxylic acids is 1. The molecule has 1 saturated heterocycles. The van der Waals surface area contributed by atoms with Crippen molar-refractivity contribution in [1.82, 2.24) is 9.88 Å². The van der Waals surface area contributed by atoms with Gasteiger partial charge < -0.3 is 10.2 Å². The molecule has 0 radical (unpaired) electrons. The van der Waals surface area contributed by atoms with Crippen molar-refractivity contribution in [2.45, 2.75) is 0 Å². The van der Waals surface area contributed by atoms with Gasteiger partial charge in [0.15, 0.2) is 0 Å². The maximum atomic E-state index is 13.2. The lowest BCUT2D eigenvalue weighted by Crippen LogP contribution is -2.48. The molecule has 1 aromatic carbocycles. The monoisotopic (exact) mass is 332 g/mol. The fraction of sp³-hybridized carbons (Fsp3) is 0.294. The Balaban J connectivity index is 1.49. The Hall–Kier alpha value is -2.54. The molecule has 3 rings (SSSR count). The molecule has 1 amide bonds. The smallest absolute Gasteiger partial charge is 0.238 e. The highest BCUT2D eigenvalue weighted by Gasteiger charge is 2.19. The summed E-state index contributed by atoms with van der Waals surface area (Å²) in [5.41, 5.74) is 1.25. The van der Waals surface area contributed by atoms with E-state index in [4.69, 9.17) is 0 Å². The van der Waals surface area contributed by atoms with Crippen molar-refractivity contribution >= 4 is 17.3 Å². The summed E-state index contributed by atoms with van der Waals surface area (Å²) in [7, 11) is 0. The van der Waals surface area contributed by atoms with Crippen LogP contribution in [0.15, 0.2) is 42.6 Å². The molecular formula is C17H18F2N4O. The number of benzene rings is 1. The largest absolute Gasteiger partial charge is 0.369 e. The molecule has 2 aromatic rings. The summed E-state index contributed by atoms with van der Waals surface area (Å²) in [5.74, 6) is -1.06. The SMILES string of the molecule is O=C(CN1CCN(c2ccnc(F)c2)CC1)Nc1cccc(F)c1. The molecule has 0 bridgehead atoms. The third-order valence-corrected chi connectivity index (χ3v) is 3.92. The number of nitrogens with zero attached hydrogens (tertiary/aromatic N) is 3. The van der Waals surface area contributed by atoms with Gasteiger partial charge in [-0.15, -0.1) is 0 Å². The van der Waals surface area contributed by atoms with Gasteiger partial charge in [0, 0.05) is 49.8 Å². The molecule has 1 fully saturated rings. The lowest BCUT2D eigenvalue weighted by Gasteiger charge is -2.35. The van der Waals surface area contributed by atoms with Crippen LogP contribution in [-0.4, -0.2) is 48.5 Å². The van der Waals surface area contributed by atoms with E-state index >= 15 is 0 Å². The maximum Gasteiger partial charge on any atom is 0.238 e. The quantitative estimate of drug-likeness (QED) is 0.872. The van der Waals surface area contributed by atoms with E-state index in [9.17, 15) is 13.6 Å². The summed E-state index contributed by atoms with van der Waals surface area (Å²) in [6.07, 6.45) is 1.45. The average molecular weight is 332 g/mol. The van der Waals surface area contributed by atoms with Crippen LogP contribution in [0.5, 0.6) is 0 Å². The summed E-state index contributed by atoms with van der Waals surface area (Å²) < 4.78 is 26.3. The highest BCUT2D eigenvalue weighted by atomic mass is 19.1. The van der Waals surface area contributed by atoms with Crippen molar-refractivity contribution in [3.05, 3.63) is 54.4 Å². The zero-order chi connectivity index (χ0) is 16.9. The van der Waals surface area contributed by atoms with E-state index in [1.165, 1.54) is 24.4 Å². The number of hydrogen-bond donors (Lipinski definition) is 1. The van der Waals surface area contributed by atoms with Crippen molar-refractivity contribution in [2.75, 3.05) is 42.9 Å². The molecule has 2 heterocycles. The number of piperazine rings is 1. The molecule has 24 heavy (non-hydrogen) atoms. The van der Waals surface area contributed by atoms with E-state index < -0.39 is 5.95 Å². The van der Waals surface area contributed by atoms with E-state index in [2.05, 4.69) is 15.2 Å². The van der Waals surface area contributed by atoms with Crippen LogP contribution in [0.2, 0.25) is 0 Å². The van der Waals surface area contributed by atoms with Gasteiger partial charge in [-0.05, 0) is 24.3 Å². The summed E-state index contributed by atoms with van der Waals surface area (Å²) in [4.78, 5) is 19.7. The minimum absolute atomic E-state index is 0.177. The lowest BCUT2D eigenvalue weighted by atomic mass is 10.2. The second kappa shape index (κ2) is 7.35. The highest BCUT2D eigenvalue weighted by molar-refractivity contribution is 5.92. The molecule has 0 unspecified atom stereocenters. The Morgan fingerprint density at radius 2 is 1.92 bits per heavy atom. The first-order valence-corrected chi connectivity index (χ1v) is 7.74. The number of rotatable bonds is 4. The second-order valence-corrected chi connectivity index (χ2v) is 5.66. The Bertz CT molecular complexity index is 717. The van der Waals surface area contributed by atoms with Crippen LogP contribution in [0.25, 0.3) is 0 Å². The molecule has 0 aliphatic carbocycles. The standard InChI is InChI=1S/C17H18F2N4O/c18-13-2-1-3-14(10-13)21-17(24)12-22-6-8-23(9-7-22)15-4-5-20-16(19)11-15/h1-5,10-11H,6-9,12H2,(H,21,24). The van der Waals surface area contributed by atoms with Crippen LogP contribution < -0.4 is 10.2 Å². The first-order chi connectivity index (χ1) is 11.6. The third-order valence-electron chi connectivity index (χ3n) is 3.92. The fourth-order valence-corrected chi connectivity index (χ4v) is 2.72. The summed E-state index contributed by atoms with van der Waals surface area (Å²) in [6.45, 7) is 3.05. The summed E-state index contributed by atoms with van der Waals surface area (Å²) in [6, 6.07) is 9.00. The molecule has 5 nitrogen and oxygen atoms in total. The van der Waals surface area contributed by atoms with Crippen molar-refractivity contribution in [2.24, 2.45) is 0 Å². The number of aromatic nitrogens is 1. The number of amides is 1. The number of pyridine rings is 1. The Morgan fingerprint density at radius 1 is 1.12 bits per heavy atom. The van der Waals surface area contributed by atoms with Gasteiger partial charge in [0.25, 0.3) is 0 Å². The van der Waals surface area contributed by atoms with Crippen molar-refractivity contribution in [1.29, 1.82) is 0 Å². The minimum atomic E-state index is -0.496. The van der Waals surface area contributed by atoms with Crippen molar-refractivity contribution in [3.63, 3.8) is 0 Å². The van der Waals surface area contributed by atoms with E-state index in [1.807, 2.05) is 4.90 Å². The summed E-state index contributed by atoms with van der Waals surface area (Å²) >= 11 is 0. The number of halogens is 2. The predicted octanol–water partition coefficient (Wildman–Crippen LogP) is 2.12. The number of nitrogens with one attached hydrogen (secondary N) is 1. The van der Waals surface area contributed by atoms with Gasteiger partial charge in [0.1, 0.15) is 5.82 Å². The average Bonchev–Trinajstić information content (AvgIpc) is 2.55.